The monoisotopic (exact) mass is 298 g/mol. The van der Waals surface area contributed by atoms with Gasteiger partial charge >= 0.3 is 0 Å². The molecule has 0 saturated carbocycles. The van der Waals surface area contributed by atoms with Gasteiger partial charge in [0.1, 0.15) is 23.8 Å². The zero-order valence-corrected chi connectivity index (χ0v) is 12.3. The van der Waals surface area contributed by atoms with Crippen molar-refractivity contribution in [2.24, 2.45) is 7.05 Å². The maximum atomic E-state index is 13.9. The fourth-order valence-corrected chi connectivity index (χ4v) is 2.08. The van der Waals surface area contributed by atoms with Gasteiger partial charge in [0.2, 0.25) is 5.88 Å². The average molecular weight is 298 g/mol. The van der Waals surface area contributed by atoms with Crippen molar-refractivity contribution in [3.8, 4) is 17.1 Å². The third-order valence-electron chi connectivity index (χ3n) is 3.31. The van der Waals surface area contributed by atoms with Crippen LogP contribution < -0.4 is 4.74 Å². The fourth-order valence-electron chi connectivity index (χ4n) is 2.08. The summed E-state index contributed by atoms with van der Waals surface area (Å²) in [6.07, 6.45) is 1.73. The molecule has 0 aliphatic rings. The van der Waals surface area contributed by atoms with Crippen LogP contribution in [0, 0.1) is 12.7 Å². The van der Waals surface area contributed by atoms with Gasteiger partial charge in [-0.25, -0.2) is 14.1 Å². The summed E-state index contributed by atoms with van der Waals surface area (Å²) in [6, 6.07) is 10.2. The van der Waals surface area contributed by atoms with Gasteiger partial charge in [-0.2, -0.15) is 0 Å². The average Bonchev–Trinajstić information content (AvgIpc) is 2.88. The molecule has 3 rings (SSSR count). The van der Waals surface area contributed by atoms with Gasteiger partial charge in [0, 0.05) is 24.9 Å². The highest BCUT2D eigenvalue weighted by Crippen LogP contribution is 2.24. The van der Waals surface area contributed by atoms with E-state index in [-0.39, 0.29) is 12.4 Å². The van der Waals surface area contributed by atoms with Crippen LogP contribution in [0.15, 0.2) is 42.6 Å². The molecular weight excluding hydrogens is 283 g/mol. The first-order valence-corrected chi connectivity index (χ1v) is 6.84. The molecule has 2 aromatic heterocycles. The van der Waals surface area contributed by atoms with E-state index in [2.05, 4.69) is 15.3 Å². The number of hydrogen-bond donors (Lipinski definition) is 0. The maximum absolute atomic E-state index is 13.9. The van der Waals surface area contributed by atoms with Crippen LogP contribution in [0.25, 0.3) is 11.3 Å². The second-order valence-electron chi connectivity index (χ2n) is 4.95. The lowest BCUT2D eigenvalue weighted by Gasteiger charge is -2.07. The number of aryl methyl sites for hydroxylation is 2. The van der Waals surface area contributed by atoms with Crippen LogP contribution in [0.5, 0.6) is 5.88 Å². The van der Waals surface area contributed by atoms with Gasteiger partial charge in [-0.3, -0.25) is 0 Å². The van der Waals surface area contributed by atoms with Gasteiger partial charge < -0.3 is 4.74 Å². The lowest BCUT2D eigenvalue weighted by atomic mass is 10.1. The highest BCUT2D eigenvalue weighted by atomic mass is 19.1. The van der Waals surface area contributed by atoms with Crippen molar-refractivity contribution in [1.82, 2.24) is 20.0 Å². The number of aromatic nitrogens is 4. The molecule has 0 unspecified atom stereocenters. The summed E-state index contributed by atoms with van der Waals surface area (Å²) < 4.78 is 21.2. The minimum absolute atomic E-state index is 0.212. The summed E-state index contributed by atoms with van der Waals surface area (Å²) in [7, 11) is 1.75. The lowest BCUT2D eigenvalue weighted by molar-refractivity contribution is 0.283. The van der Waals surface area contributed by atoms with Crippen molar-refractivity contribution >= 4 is 0 Å². The topological polar surface area (TPSA) is 52.8 Å². The Hall–Kier alpha value is -2.76. The van der Waals surface area contributed by atoms with Crippen LogP contribution in [0.3, 0.4) is 0 Å². The van der Waals surface area contributed by atoms with Crippen LogP contribution in [-0.4, -0.2) is 20.0 Å². The minimum Gasteiger partial charge on any atom is -0.471 e. The van der Waals surface area contributed by atoms with E-state index in [9.17, 15) is 4.39 Å². The SMILES string of the molecule is Cc1ccc(OCc2c(-c3ccccc3F)nnn2C)nc1. The normalized spacial score (nSPS) is 10.7. The van der Waals surface area contributed by atoms with Crippen molar-refractivity contribution in [2.45, 2.75) is 13.5 Å². The van der Waals surface area contributed by atoms with Gasteiger partial charge in [-0.15, -0.1) is 5.10 Å². The molecule has 3 aromatic rings. The molecule has 2 heterocycles. The molecule has 0 saturated heterocycles. The standard InChI is InChI=1S/C16H15FN4O/c1-11-7-8-15(18-9-11)22-10-14-16(19-20-21(14)2)12-5-3-4-6-13(12)17/h3-9H,10H2,1-2H3. The molecule has 112 valence electrons. The molecule has 0 amide bonds. The summed E-state index contributed by atoms with van der Waals surface area (Å²) >= 11 is 0. The van der Waals surface area contributed by atoms with E-state index in [1.54, 1.807) is 42.2 Å². The van der Waals surface area contributed by atoms with E-state index >= 15 is 0 Å². The smallest absolute Gasteiger partial charge is 0.213 e. The fraction of sp³-hybridized carbons (Fsp3) is 0.188. The zero-order valence-electron chi connectivity index (χ0n) is 12.3. The molecule has 0 bridgehead atoms. The predicted molar refractivity (Wildman–Crippen MR) is 79.7 cm³/mol. The van der Waals surface area contributed by atoms with Crippen LogP contribution >= 0.6 is 0 Å². The molecule has 1 aromatic carbocycles. The Morgan fingerprint density at radius 1 is 1.18 bits per heavy atom. The molecule has 5 nitrogen and oxygen atoms in total. The number of hydrogen-bond acceptors (Lipinski definition) is 4. The third-order valence-corrected chi connectivity index (χ3v) is 3.31. The van der Waals surface area contributed by atoms with Crippen molar-refractivity contribution < 1.29 is 9.13 Å². The molecule has 0 fully saturated rings. The second-order valence-corrected chi connectivity index (χ2v) is 4.95. The van der Waals surface area contributed by atoms with Crippen molar-refractivity contribution in [2.75, 3.05) is 0 Å². The van der Waals surface area contributed by atoms with Gasteiger partial charge in [0.25, 0.3) is 0 Å². The molecule has 6 heteroatoms. The number of rotatable bonds is 4. The first kappa shape index (κ1) is 14.2. The first-order chi connectivity index (χ1) is 10.6. The largest absolute Gasteiger partial charge is 0.471 e. The Morgan fingerprint density at radius 2 is 2.00 bits per heavy atom. The van der Waals surface area contributed by atoms with Crippen molar-refractivity contribution in [1.29, 1.82) is 0 Å². The summed E-state index contributed by atoms with van der Waals surface area (Å²) in [5.41, 5.74) is 2.63. The van der Waals surface area contributed by atoms with Crippen molar-refractivity contribution in [3.05, 3.63) is 59.7 Å². The molecule has 0 radical (unpaired) electrons. The quantitative estimate of drug-likeness (QED) is 0.743. The van der Waals surface area contributed by atoms with Crippen LogP contribution in [0.1, 0.15) is 11.3 Å². The third kappa shape index (κ3) is 2.81. The van der Waals surface area contributed by atoms with Crippen LogP contribution in [0.4, 0.5) is 4.39 Å². The highest BCUT2D eigenvalue weighted by Gasteiger charge is 2.16. The van der Waals surface area contributed by atoms with Crippen LogP contribution in [-0.2, 0) is 13.7 Å². The van der Waals surface area contributed by atoms with E-state index in [0.717, 1.165) is 5.56 Å². The summed E-state index contributed by atoms with van der Waals surface area (Å²) in [5.74, 6) is 0.170. The van der Waals surface area contributed by atoms with Gasteiger partial charge in [-0.05, 0) is 24.6 Å². The summed E-state index contributed by atoms with van der Waals surface area (Å²) in [5, 5.41) is 8.01. The molecule has 22 heavy (non-hydrogen) atoms. The lowest BCUT2D eigenvalue weighted by Crippen LogP contribution is -2.05. The molecule has 0 aliphatic carbocycles. The van der Waals surface area contributed by atoms with Gasteiger partial charge in [-0.1, -0.05) is 23.4 Å². The van der Waals surface area contributed by atoms with E-state index < -0.39 is 0 Å². The molecule has 0 spiro atoms. The molecular formula is C16H15FN4O. The number of benzene rings is 1. The Balaban J connectivity index is 1.87. The van der Waals surface area contributed by atoms with Gasteiger partial charge in [0.05, 0.1) is 0 Å². The zero-order chi connectivity index (χ0) is 15.5. The Kier molecular flexibility index (Phi) is 3.82. The number of halogens is 1. The highest BCUT2D eigenvalue weighted by molar-refractivity contribution is 5.61. The number of pyridine rings is 1. The van der Waals surface area contributed by atoms with Crippen molar-refractivity contribution in [3.63, 3.8) is 0 Å². The Morgan fingerprint density at radius 3 is 2.73 bits per heavy atom. The van der Waals surface area contributed by atoms with E-state index in [1.165, 1.54) is 6.07 Å². The Bertz CT molecular complexity index is 783. The summed E-state index contributed by atoms with van der Waals surface area (Å²) in [4.78, 5) is 4.18. The van der Waals surface area contributed by atoms with Crippen LogP contribution in [0.2, 0.25) is 0 Å². The Labute approximate surface area is 127 Å². The van der Waals surface area contributed by atoms with Gasteiger partial charge in [0.15, 0.2) is 0 Å². The molecule has 0 aliphatic heterocycles. The minimum atomic E-state index is -0.335. The van der Waals surface area contributed by atoms with E-state index in [1.807, 2.05) is 13.0 Å². The van der Waals surface area contributed by atoms with E-state index in [0.29, 0.717) is 22.8 Å². The molecule has 0 atom stereocenters. The number of nitrogens with zero attached hydrogens (tertiary/aromatic N) is 4. The maximum Gasteiger partial charge on any atom is 0.213 e. The second kappa shape index (κ2) is 5.93. The molecule has 0 N–H and O–H groups in total. The first-order valence-electron chi connectivity index (χ1n) is 6.84. The van der Waals surface area contributed by atoms with E-state index in [4.69, 9.17) is 4.74 Å². The number of ether oxygens (including phenoxy) is 1. The predicted octanol–water partition coefficient (Wildman–Crippen LogP) is 2.90. The summed E-state index contributed by atoms with van der Waals surface area (Å²) in [6.45, 7) is 2.17.